The Hall–Kier alpha value is -5.95. The van der Waals surface area contributed by atoms with Crippen LogP contribution in [0.4, 0.5) is 5.82 Å². The third-order valence-corrected chi connectivity index (χ3v) is 7.22. The van der Waals surface area contributed by atoms with Gasteiger partial charge in [-0.25, -0.2) is 25.4 Å². The molecule has 0 bridgehead atoms. The number of benzene rings is 3. The molecule has 1 unspecified atom stereocenters. The van der Waals surface area contributed by atoms with Gasteiger partial charge in [0.05, 0.1) is 29.0 Å². The van der Waals surface area contributed by atoms with Crippen LogP contribution < -0.4 is 21.7 Å². The lowest BCUT2D eigenvalue weighted by Gasteiger charge is -2.22. The highest BCUT2D eigenvalue weighted by Gasteiger charge is 2.23. The predicted molar refractivity (Wildman–Crippen MR) is 163 cm³/mol. The number of carbonyl (C=O) groups excluding carboxylic acids is 2. The number of hydroxylamine groups is 1. The van der Waals surface area contributed by atoms with Crippen LogP contribution in [0.1, 0.15) is 51.5 Å². The van der Waals surface area contributed by atoms with Crippen molar-refractivity contribution >= 4 is 39.7 Å². The molecule has 13 heteroatoms. The van der Waals surface area contributed by atoms with Crippen LogP contribution in [0.2, 0.25) is 0 Å². The van der Waals surface area contributed by atoms with E-state index in [2.05, 4.69) is 30.6 Å². The fraction of sp³-hybridized carbons (Fsp3) is 0.129. The van der Waals surface area contributed by atoms with Crippen molar-refractivity contribution in [3.05, 3.63) is 118 Å². The van der Waals surface area contributed by atoms with Crippen LogP contribution in [0.25, 0.3) is 27.8 Å². The van der Waals surface area contributed by atoms with Crippen molar-refractivity contribution in [1.82, 2.24) is 40.3 Å². The largest absolute Gasteiger partial charge is 0.358 e. The average Bonchev–Trinajstić information content (AvgIpc) is 3.56. The van der Waals surface area contributed by atoms with Gasteiger partial charge in [0.15, 0.2) is 11.5 Å². The minimum Gasteiger partial charge on any atom is -0.358 e. The molecule has 0 spiro atoms. The van der Waals surface area contributed by atoms with Crippen molar-refractivity contribution in [2.75, 3.05) is 5.32 Å². The SMILES string of the molecule is CCC(Nc1ncnc2[nH]cnc12)c1nc2cccc(CNC(=O)c3ccc(C(=O)NO)cc3)c2c(=O)n1-c1ccccc1. The maximum atomic E-state index is 14.3. The van der Waals surface area contributed by atoms with Gasteiger partial charge in [-0.3, -0.25) is 24.2 Å². The highest BCUT2D eigenvalue weighted by Crippen LogP contribution is 2.26. The lowest BCUT2D eigenvalue weighted by Crippen LogP contribution is -2.30. The fourth-order valence-corrected chi connectivity index (χ4v) is 5.02. The highest BCUT2D eigenvalue weighted by molar-refractivity contribution is 5.97. The maximum absolute atomic E-state index is 14.3. The molecule has 0 aliphatic carbocycles. The standard InChI is InChI=1S/C31H27N9O4/c1-2-22(37-27-25-26(34-16-33-25)35-17-36-27)28-38-23-10-6-7-20(24(23)31(43)40(28)21-8-4-3-5-9-21)15-32-29(41)18-11-13-19(14-12-18)30(42)39-44/h3-14,16-17,22,44H,2,15H2,1H3,(H,32,41)(H,39,42)(H2,33,34,35,36,37). The number of fused-ring (bicyclic) bond motifs is 2. The fourth-order valence-electron chi connectivity index (χ4n) is 5.02. The highest BCUT2D eigenvalue weighted by atomic mass is 16.5. The van der Waals surface area contributed by atoms with Crippen molar-refractivity contribution in [2.45, 2.75) is 25.9 Å². The molecule has 5 N–H and O–H groups in total. The Morgan fingerprint density at radius 2 is 1.68 bits per heavy atom. The molecule has 44 heavy (non-hydrogen) atoms. The van der Waals surface area contributed by atoms with Gasteiger partial charge in [-0.05, 0) is 54.4 Å². The number of nitrogens with one attached hydrogen (secondary N) is 4. The van der Waals surface area contributed by atoms with Gasteiger partial charge >= 0.3 is 0 Å². The average molecular weight is 590 g/mol. The Kier molecular flexibility index (Phi) is 7.76. The number of hydrogen-bond donors (Lipinski definition) is 5. The third-order valence-electron chi connectivity index (χ3n) is 7.22. The van der Waals surface area contributed by atoms with Gasteiger partial charge in [0.1, 0.15) is 17.7 Å². The van der Waals surface area contributed by atoms with Crippen LogP contribution in [-0.4, -0.2) is 46.5 Å². The first-order valence-corrected chi connectivity index (χ1v) is 13.8. The molecule has 6 aromatic rings. The first kappa shape index (κ1) is 28.2. The first-order chi connectivity index (χ1) is 21.5. The van der Waals surface area contributed by atoms with Crippen LogP contribution in [-0.2, 0) is 6.54 Å². The zero-order valence-corrected chi connectivity index (χ0v) is 23.5. The summed E-state index contributed by atoms with van der Waals surface area (Å²) in [5, 5.41) is 15.5. The predicted octanol–water partition coefficient (Wildman–Crippen LogP) is 3.66. The number of hydrogen-bond acceptors (Lipinski definition) is 9. The van der Waals surface area contributed by atoms with Gasteiger partial charge in [0.2, 0.25) is 0 Å². The third kappa shape index (κ3) is 5.34. The normalized spacial score (nSPS) is 11.8. The summed E-state index contributed by atoms with van der Waals surface area (Å²) in [6.45, 7) is 2.05. The molecule has 0 saturated carbocycles. The zero-order chi connectivity index (χ0) is 30.6. The van der Waals surface area contributed by atoms with Crippen LogP contribution in [0.15, 0.2) is 90.2 Å². The van der Waals surface area contributed by atoms with E-state index in [9.17, 15) is 14.4 Å². The second-order valence-electron chi connectivity index (χ2n) is 9.89. The van der Waals surface area contributed by atoms with E-state index in [1.807, 2.05) is 37.3 Å². The summed E-state index contributed by atoms with van der Waals surface area (Å²) in [5.74, 6) is -0.0674. The maximum Gasteiger partial charge on any atom is 0.274 e. The molecule has 6 rings (SSSR count). The zero-order valence-electron chi connectivity index (χ0n) is 23.5. The van der Waals surface area contributed by atoms with E-state index in [0.717, 1.165) is 0 Å². The lowest BCUT2D eigenvalue weighted by molar-refractivity contribution is 0.0706. The number of aromatic nitrogens is 6. The van der Waals surface area contributed by atoms with Crippen molar-refractivity contribution in [3.63, 3.8) is 0 Å². The summed E-state index contributed by atoms with van der Waals surface area (Å²) in [7, 11) is 0. The van der Waals surface area contributed by atoms with Crippen LogP contribution in [0, 0.1) is 0 Å². The minimum absolute atomic E-state index is 0.0631. The molecule has 220 valence electrons. The van der Waals surface area contributed by atoms with Crippen LogP contribution >= 0.6 is 0 Å². The monoisotopic (exact) mass is 589 g/mol. The second-order valence-corrected chi connectivity index (χ2v) is 9.89. The number of nitrogens with zero attached hydrogens (tertiary/aromatic N) is 5. The number of imidazole rings is 1. The van der Waals surface area contributed by atoms with E-state index in [4.69, 9.17) is 10.2 Å². The Bertz CT molecular complexity index is 2040. The van der Waals surface area contributed by atoms with Crippen LogP contribution in [0.5, 0.6) is 0 Å². The molecular formula is C31H27N9O4. The van der Waals surface area contributed by atoms with E-state index >= 15 is 0 Å². The molecule has 0 fully saturated rings. The number of para-hydroxylation sites is 1. The van der Waals surface area contributed by atoms with Gasteiger partial charge in [0, 0.05) is 17.7 Å². The molecule has 0 saturated heterocycles. The van der Waals surface area contributed by atoms with Crippen molar-refractivity contribution in [1.29, 1.82) is 0 Å². The van der Waals surface area contributed by atoms with E-state index in [1.54, 1.807) is 34.6 Å². The van der Waals surface area contributed by atoms with E-state index in [-0.39, 0.29) is 17.7 Å². The number of anilines is 1. The summed E-state index contributed by atoms with van der Waals surface area (Å²) >= 11 is 0. The summed E-state index contributed by atoms with van der Waals surface area (Å²) in [5.41, 5.74) is 4.67. The number of aromatic amines is 1. The number of rotatable bonds is 9. The molecule has 0 radical (unpaired) electrons. The summed E-state index contributed by atoms with van der Waals surface area (Å²) in [6.07, 6.45) is 3.56. The van der Waals surface area contributed by atoms with E-state index in [0.29, 0.717) is 56.9 Å². The van der Waals surface area contributed by atoms with Gasteiger partial charge in [-0.15, -0.1) is 0 Å². The molecule has 3 aromatic carbocycles. The summed E-state index contributed by atoms with van der Waals surface area (Å²) in [4.78, 5) is 59.8. The topological polar surface area (TPSA) is 180 Å². The number of amides is 2. The van der Waals surface area contributed by atoms with Crippen molar-refractivity contribution in [3.8, 4) is 5.69 Å². The lowest BCUT2D eigenvalue weighted by atomic mass is 10.1. The Morgan fingerprint density at radius 1 is 0.932 bits per heavy atom. The molecule has 2 amide bonds. The van der Waals surface area contributed by atoms with Gasteiger partial charge in [0.25, 0.3) is 17.4 Å². The van der Waals surface area contributed by atoms with Crippen LogP contribution in [0.3, 0.4) is 0 Å². The molecular weight excluding hydrogens is 562 g/mol. The Morgan fingerprint density at radius 3 is 2.41 bits per heavy atom. The number of H-pyrrole nitrogens is 1. The van der Waals surface area contributed by atoms with Gasteiger partial charge in [-0.2, -0.15) is 0 Å². The molecule has 0 aliphatic rings. The quantitative estimate of drug-likeness (QED) is 0.124. The number of carbonyl (C=O) groups is 2. The summed E-state index contributed by atoms with van der Waals surface area (Å²) in [6, 6.07) is 20.0. The van der Waals surface area contributed by atoms with E-state index in [1.165, 1.54) is 30.6 Å². The summed E-state index contributed by atoms with van der Waals surface area (Å²) < 4.78 is 1.59. The molecule has 3 heterocycles. The van der Waals surface area contributed by atoms with Crippen molar-refractivity contribution in [2.24, 2.45) is 0 Å². The van der Waals surface area contributed by atoms with Gasteiger partial charge < -0.3 is 15.6 Å². The molecule has 3 aromatic heterocycles. The second kappa shape index (κ2) is 12.1. The Labute approximate surface area is 250 Å². The van der Waals surface area contributed by atoms with Crippen molar-refractivity contribution < 1.29 is 14.8 Å². The molecule has 13 nitrogen and oxygen atoms in total. The first-order valence-electron chi connectivity index (χ1n) is 13.8. The molecule has 1 atom stereocenters. The Balaban J connectivity index is 1.39. The van der Waals surface area contributed by atoms with E-state index < -0.39 is 17.9 Å². The van der Waals surface area contributed by atoms with Gasteiger partial charge in [-0.1, -0.05) is 37.3 Å². The minimum atomic E-state index is -0.679. The smallest absolute Gasteiger partial charge is 0.274 e. The molecule has 0 aliphatic heterocycles.